The van der Waals surface area contributed by atoms with Crippen molar-refractivity contribution in [1.82, 2.24) is 30.7 Å². The fraction of sp³-hybridized carbons (Fsp3) is 0.467. The van der Waals surface area contributed by atoms with E-state index in [9.17, 15) is 14.4 Å². The van der Waals surface area contributed by atoms with Crippen molar-refractivity contribution in [3.63, 3.8) is 0 Å². The van der Waals surface area contributed by atoms with Crippen LogP contribution in [0.4, 0.5) is 4.79 Å². The van der Waals surface area contributed by atoms with Crippen molar-refractivity contribution >= 4 is 17.8 Å². The Morgan fingerprint density at radius 1 is 1.36 bits per heavy atom. The summed E-state index contributed by atoms with van der Waals surface area (Å²) in [6, 6.07) is -3.80. The second kappa shape index (κ2) is 9.57. The first-order chi connectivity index (χ1) is 13.3. The lowest BCUT2D eigenvalue weighted by Gasteiger charge is -2.17. The summed E-state index contributed by atoms with van der Waals surface area (Å²) in [6.45, 7) is 0.598. The van der Waals surface area contributed by atoms with E-state index in [4.69, 9.17) is 20.5 Å². The Labute approximate surface area is 158 Å². The molecule has 13 heteroatoms. The van der Waals surface area contributed by atoms with Crippen LogP contribution in [0, 0.1) is 0 Å². The zero-order valence-corrected chi connectivity index (χ0v) is 15.0. The van der Waals surface area contributed by atoms with Crippen molar-refractivity contribution in [2.45, 2.75) is 37.9 Å². The molecule has 0 spiro atoms. The molecular weight excluding hydrogens is 374 g/mol. The predicted octanol–water partition coefficient (Wildman–Crippen LogP) is -1.20. The minimum atomic E-state index is -1.22. The number of carbonyl (C=O) groups excluding carboxylic acids is 2. The first kappa shape index (κ1) is 21.0. The van der Waals surface area contributed by atoms with E-state index in [1.807, 2.05) is 0 Å². The summed E-state index contributed by atoms with van der Waals surface area (Å²) in [6.07, 6.45) is 2.88. The van der Waals surface area contributed by atoms with Crippen molar-refractivity contribution in [2.24, 2.45) is 5.73 Å². The summed E-state index contributed by atoms with van der Waals surface area (Å²) < 4.78 is 5.06. The minimum Gasteiger partial charge on any atom is -0.481 e. The summed E-state index contributed by atoms with van der Waals surface area (Å²) in [7, 11) is 0. The van der Waals surface area contributed by atoms with Crippen LogP contribution < -0.4 is 16.4 Å². The number of carboxylic acid groups (broad SMARTS) is 1. The van der Waals surface area contributed by atoms with Gasteiger partial charge in [0.25, 0.3) is 0 Å². The first-order valence-electron chi connectivity index (χ1n) is 8.26. The van der Waals surface area contributed by atoms with Crippen molar-refractivity contribution in [3.8, 4) is 0 Å². The number of aliphatic carboxylic acids is 1. The van der Waals surface area contributed by atoms with E-state index in [0.717, 1.165) is 5.69 Å². The molecule has 152 valence electrons. The molecule has 0 unspecified atom stereocenters. The van der Waals surface area contributed by atoms with Crippen molar-refractivity contribution in [1.29, 1.82) is 0 Å². The van der Waals surface area contributed by atoms with Gasteiger partial charge >= 0.3 is 12.0 Å². The highest BCUT2D eigenvalue weighted by Crippen LogP contribution is 2.18. The van der Waals surface area contributed by atoms with Gasteiger partial charge in [0, 0.05) is 18.3 Å². The van der Waals surface area contributed by atoms with E-state index < -0.39 is 48.9 Å². The van der Waals surface area contributed by atoms with Gasteiger partial charge < -0.3 is 36.1 Å². The van der Waals surface area contributed by atoms with Gasteiger partial charge in [0.2, 0.25) is 5.89 Å². The Kier molecular flexibility index (Phi) is 7.17. The molecule has 0 bridgehead atoms. The summed E-state index contributed by atoms with van der Waals surface area (Å²) >= 11 is 0. The van der Waals surface area contributed by atoms with Crippen LogP contribution in [-0.4, -0.2) is 60.8 Å². The van der Waals surface area contributed by atoms with E-state index in [1.54, 1.807) is 6.20 Å². The number of imidazole rings is 1. The molecule has 2 aromatic heterocycles. The number of nitrogens with one attached hydrogen (secondary N) is 3. The number of hydrogen-bond acceptors (Lipinski definition) is 9. The number of aromatic amines is 1. The number of ketones is 1. The average molecular weight is 395 g/mol. The molecule has 2 heterocycles. The Morgan fingerprint density at radius 2 is 2.11 bits per heavy atom. The lowest BCUT2D eigenvalue weighted by atomic mass is 10.1. The molecule has 0 aliphatic carbocycles. The van der Waals surface area contributed by atoms with E-state index in [-0.39, 0.29) is 11.7 Å². The van der Waals surface area contributed by atoms with Crippen LogP contribution in [0.1, 0.15) is 42.8 Å². The van der Waals surface area contributed by atoms with Crippen LogP contribution in [0.5, 0.6) is 0 Å². The quantitative estimate of drug-likeness (QED) is 0.283. The van der Waals surface area contributed by atoms with Crippen LogP contribution >= 0.6 is 0 Å². The molecule has 0 aromatic carbocycles. The SMILES string of the molecule is CC(=O)[C@H](CO)NC(=O)N[C@@H](CC(=O)O)c1nc([C@@H](N)Cc2cnc[nH]2)no1. The number of aromatic nitrogens is 4. The Bertz CT molecular complexity index is 806. The van der Waals surface area contributed by atoms with Crippen LogP contribution in [0.15, 0.2) is 17.0 Å². The molecule has 7 N–H and O–H groups in total. The van der Waals surface area contributed by atoms with Crippen LogP contribution in [0.3, 0.4) is 0 Å². The van der Waals surface area contributed by atoms with Crippen molar-refractivity contribution < 1.29 is 29.1 Å². The molecule has 0 fully saturated rings. The number of H-pyrrole nitrogens is 1. The van der Waals surface area contributed by atoms with Gasteiger partial charge in [-0.2, -0.15) is 4.98 Å². The molecule has 0 aliphatic rings. The normalized spacial score (nSPS) is 14.1. The molecule has 2 amide bonds. The monoisotopic (exact) mass is 395 g/mol. The second-order valence-electron chi connectivity index (χ2n) is 5.99. The Hall–Kier alpha value is -3.32. The van der Waals surface area contributed by atoms with Crippen molar-refractivity contribution in [2.75, 3.05) is 6.61 Å². The highest BCUT2D eigenvalue weighted by Gasteiger charge is 2.27. The Morgan fingerprint density at radius 3 is 2.68 bits per heavy atom. The summed E-state index contributed by atoms with van der Waals surface area (Å²) in [4.78, 5) is 45.3. The third-order valence-corrected chi connectivity index (χ3v) is 3.74. The molecule has 0 radical (unpaired) electrons. The van der Waals surface area contributed by atoms with Gasteiger partial charge in [0.05, 0.1) is 25.4 Å². The topological polar surface area (TPSA) is 209 Å². The van der Waals surface area contributed by atoms with E-state index >= 15 is 0 Å². The largest absolute Gasteiger partial charge is 0.481 e. The number of carbonyl (C=O) groups is 3. The average Bonchev–Trinajstić information content (AvgIpc) is 3.30. The number of urea groups is 1. The molecule has 0 saturated heterocycles. The van der Waals surface area contributed by atoms with Gasteiger partial charge in [-0.25, -0.2) is 9.78 Å². The number of rotatable bonds is 10. The number of Topliss-reactive ketones (excluding diaryl/α,β-unsaturated/α-hetero) is 1. The van der Waals surface area contributed by atoms with Gasteiger partial charge in [0.15, 0.2) is 11.6 Å². The standard InChI is InChI=1S/C15H21N7O6/c1-7(24)11(5-23)20-15(27)19-10(3-12(25)26)14-21-13(22-28-14)9(16)2-8-4-17-6-18-8/h4,6,9-11,23H,2-3,5,16H2,1H3,(H,17,18)(H,25,26)(H2,19,20,27)/t9-,10-,11-/m0/s1. The van der Waals surface area contributed by atoms with E-state index in [2.05, 4.69) is 30.7 Å². The molecule has 0 aliphatic heterocycles. The number of amides is 2. The number of aliphatic hydroxyl groups excluding tert-OH is 1. The molecule has 2 rings (SSSR count). The lowest BCUT2D eigenvalue weighted by molar-refractivity contribution is -0.137. The predicted molar refractivity (Wildman–Crippen MR) is 91.7 cm³/mol. The third-order valence-electron chi connectivity index (χ3n) is 3.74. The smallest absolute Gasteiger partial charge is 0.316 e. The van der Waals surface area contributed by atoms with Crippen molar-refractivity contribution in [3.05, 3.63) is 29.9 Å². The number of carboxylic acids is 1. The number of hydrogen-bond donors (Lipinski definition) is 6. The summed E-state index contributed by atoms with van der Waals surface area (Å²) in [5.41, 5.74) is 6.75. The maximum atomic E-state index is 12.0. The summed E-state index contributed by atoms with van der Waals surface area (Å²) in [5, 5.41) is 26.5. The molecule has 3 atom stereocenters. The molecular formula is C15H21N7O6. The zero-order valence-electron chi connectivity index (χ0n) is 15.0. The minimum absolute atomic E-state index is 0.124. The molecule has 0 saturated carbocycles. The number of nitrogens with zero attached hydrogens (tertiary/aromatic N) is 3. The van der Waals surface area contributed by atoms with E-state index in [0.29, 0.717) is 6.42 Å². The number of nitrogens with two attached hydrogens (primary N) is 1. The second-order valence-corrected chi connectivity index (χ2v) is 5.99. The van der Waals surface area contributed by atoms with E-state index in [1.165, 1.54) is 13.3 Å². The highest BCUT2D eigenvalue weighted by atomic mass is 16.5. The van der Waals surface area contributed by atoms with Gasteiger partial charge in [-0.1, -0.05) is 5.16 Å². The highest BCUT2D eigenvalue weighted by molar-refractivity contribution is 5.87. The maximum absolute atomic E-state index is 12.0. The molecule has 2 aromatic rings. The number of aliphatic hydroxyl groups is 1. The fourth-order valence-corrected chi connectivity index (χ4v) is 2.27. The van der Waals surface area contributed by atoms with Crippen LogP contribution in [-0.2, 0) is 16.0 Å². The zero-order chi connectivity index (χ0) is 20.7. The Balaban J connectivity index is 2.08. The van der Waals surface area contributed by atoms with Crippen LogP contribution in [0.25, 0.3) is 0 Å². The maximum Gasteiger partial charge on any atom is 0.316 e. The van der Waals surface area contributed by atoms with Gasteiger partial charge in [-0.05, 0) is 6.92 Å². The lowest BCUT2D eigenvalue weighted by Crippen LogP contribution is -2.48. The third kappa shape index (κ3) is 5.85. The first-order valence-corrected chi connectivity index (χ1v) is 8.26. The summed E-state index contributed by atoms with van der Waals surface area (Å²) in [5.74, 6) is -1.72. The van der Waals surface area contributed by atoms with Gasteiger partial charge in [-0.3, -0.25) is 9.59 Å². The molecule has 13 nitrogen and oxygen atoms in total. The van der Waals surface area contributed by atoms with Gasteiger partial charge in [0.1, 0.15) is 12.1 Å². The van der Waals surface area contributed by atoms with Gasteiger partial charge in [-0.15, -0.1) is 0 Å². The van der Waals surface area contributed by atoms with Crippen LogP contribution in [0.2, 0.25) is 0 Å². The molecule has 28 heavy (non-hydrogen) atoms. The fourth-order valence-electron chi connectivity index (χ4n) is 2.27.